The van der Waals surface area contributed by atoms with Gasteiger partial charge in [-0.3, -0.25) is 14.9 Å². The molecule has 2 aromatic rings. The summed E-state index contributed by atoms with van der Waals surface area (Å²) in [6, 6.07) is 14.3. The van der Waals surface area contributed by atoms with Gasteiger partial charge in [0.2, 0.25) is 3.79 Å². The molecular weight excluding hydrogens is 377 g/mol. The number of nitro benzene ring substituents is 1. The van der Waals surface area contributed by atoms with E-state index in [1.165, 1.54) is 24.3 Å². The minimum Gasteiger partial charge on any atom is -0.362 e. The Kier molecular flexibility index (Phi) is 5.88. The van der Waals surface area contributed by atoms with Gasteiger partial charge in [-0.15, -0.1) is 0 Å². The predicted octanol–water partition coefficient (Wildman–Crippen LogP) is 4.13. The molecule has 0 radical (unpaired) electrons. The summed E-state index contributed by atoms with van der Waals surface area (Å²) in [4.78, 5) is 22.8. The Morgan fingerprint density at radius 2 is 1.62 bits per heavy atom. The summed E-state index contributed by atoms with van der Waals surface area (Å²) in [5, 5.41) is 16.4. The number of alkyl halides is 3. The number of anilines is 1. The summed E-state index contributed by atoms with van der Waals surface area (Å²) < 4.78 is -1.88. The second-order valence-electron chi connectivity index (χ2n) is 4.73. The molecule has 0 aliphatic heterocycles. The molecule has 0 aliphatic carbocycles. The van der Waals surface area contributed by atoms with E-state index >= 15 is 0 Å². The van der Waals surface area contributed by atoms with Gasteiger partial charge >= 0.3 is 0 Å². The van der Waals surface area contributed by atoms with E-state index in [1.807, 2.05) is 0 Å². The maximum Gasteiger partial charge on any atom is 0.282 e. The van der Waals surface area contributed by atoms with Crippen LogP contribution < -0.4 is 10.6 Å². The van der Waals surface area contributed by atoms with Crippen LogP contribution in [0.4, 0.5) is 11.4 Å². The van der Waals surface area contributed by atoms with E-state index in [2.05, 4.69) is 10.6 Å². The first-order valence-electron chi connectivity index (χ1n) is 6.71. The van der Waals surface area contributed by atoms with E-state index in [-0.39, 0.29) is 11.3 Å². The molecule has 0 bridgehead atoms. The topological polar surface area (TPSA) is 84.3 Å². The van der Waals surface area contributed by atoms with Crippen molar-refractivity contribution in [1.29, 1.82) is 0 Å². The van der Waals surface area contributed by atoms with E-state index in [4.69, 9.17) is 34.8 Å². The van der Waals surface area contributed by atoms with Gasteiger partial charge in [0.05, 0.1) is 4.92 Å². The van der Waals surface area contributed by atoms with Crippen molar-refractivity contribution in [1.82, 2.24) is 5.32 Å². The van der Waals surface area contributed by atoms with Crippen molar-refractivity contribution in [3.8, 4) is 0 Å². The molecule has 1 amide bonds. The zero-order chi connectivity index (χ0) is 17.7. The van der Waals surface area contributed by atoms with Gasteiger partial charge in [0.25, 0.3) is 11.6 Å². The molecule has 0 spiro atoms. The number of halogens is 3. The third-order valence-electron chi connectivity index (χ3n) is 3.03. The Hall–Kier alpha value is -2.02. The van der Waals surface area contributed by atoms with Crippen LogP contribution in [0.5, 0.6) is 0 Å². The number of para-hydroxylation sites is 2. The van der Waals surface area contributed by atoms with Gasteiger partial charge in [0.1, 0.15) is 11.7 Å². The monoisotopic (exact) mass is 387 g/mol. The standard InChI is InChI=1S/C15H12Cl3N3O3/c16-15(17,18)14(19-10-6-2-1-3-7-10)20-13(22)11-8-4-5-9-12(11)21(23)24/h1-9,14,19H,(H,20,22). The maximum atomic E-state index is 12.4. The first-order chi connectivity index (χ1) is 11.3. The number of nitrogens with zero attached hydrogens (tertiary/aromatic N) is 1. The minimum absolute atomic E-state index is 0.128. The molecule has 0 fully saturated rings. The Balaban J connectivity index is 2.24. The smallest absolute Gasteiger partial charge is 0.282 e. The predicted molar refractivity (Wildman–Crippen MR) is 94.7 cm³/mol. The molecule has 1 unspecified atom stereocenters. The first kappa shape index (κ1) is 18.3. The van der Waals surface area contributed by atoms with Crippen LogP contribution in [0.3, 0.4) is 0 Å². The van der Waals surface area contributed by atoms with Gasteiger partial charge in [-0.1, -0.05) is 65.1 Å². The average Bonchev–Trinajstić information content (AvgIpc) is 2.54. The number of hydrogen-bond acceptors (Lipinski definition) is 4. The van der Waals surface area contributed by atoms with E-state index < -0.39 is 20.8 Å². The SMILES string of the molecule is O=C(NC(Nc1ccccc1)C(Cl)(Cl)Cl)c1ccccc1[N+](=O)[O-]. The molecule has 0 saturated carbocycles. The first-order valence-corrected chi connectivity index (χ1v) is 7.85. The third kappa shape index (κ3) is 4.74. The lowest BCUT2D eigenvalue weighted by Crippen LogP contribution is -2.49. The molecule has 0 aromatic heterocycles. The molecular formula is C15H12Cl3N3O3. The van der Waals surface area contributed by atoms with Crippen molar-refractivity contribution < 1.29 is 9.72 Å². The summed E-state index contributed by atoms with van der Waals surface area (Å²) in [7, 11) is 0. The summed E-state index contributed by atoms with van der Waals surface area (Å²) in [6.45, 7) is 0. The molecule has 126 valence electrons. The molecule has 2 rings (SSSR count). The van der Waals surface area contributed by atoms with Crippen molar-refractivity contribution in [3.05, 3.63) is 70.3 Å². The van der Waals surface area contributed by atoms with Crippen LogP contribution in [-0.4, -0.2) is 20.8 Å². The van der Waals surface area contributed by atoms with E-state index in [0.717, 1.165) is 0 Å². The maximum absolute atomic E-state index is 12.4. The molecule has 0 aliphatic rings. The number of carbonyl (C=O) groups is 1. The molecule has 1 atom stereocenters. The van der Waals surface area contributed by atoms with Crippen LogP contribution in [0.25, 0.3) is 0 Å². The third-order valence-corrected chi connectivity index (χ3v) is 3.69. The van der Waals surface area contributed by atoms with Gasteiger partial charge in [-0.25, -0.2) is 0 Å². The van der Waals surface area contributed by atoms with Gasteiger partial charge in [-0.05, 0) is 18.2 Å². The van der Waals surface area contributed by atoms with Crippen LogP contribution in [0.1, 0.15) is 10.4 Å². The number of hydrogen-bond donors (Lipinski definition) is 2. The molecule has 2 aromatic carbocycles. The summed E-state index contributed by atoms with van der Waals surface area (Å²) in [5.41, 5.74) is 0.145. The van der Waals surface area contributed by atoms with Gasteiger partial charge in [0.15, 0.2) is 0 Å². The highest BCUT2D eigenvalue weighted by Crippen LogP contribution is 2.31. The number of nitrogens with one attached hydrogen (secondary N) is 2. The van der Waals surface area contributed by atoms with Gasteiger partial charge < -0.3 is 10.6 Å². The van der Waals surface area contributed by atoms with E-state index in [1.54, 1.807) is 30.3 Å². The highest BCUT2D eigenvalue weighted by molar-refractivity contribution is 6.68. The zero-order valence-electron chi connectivity index (χ0n) is 12.1. The van der Waals surface area contributed by atoms with Crippen molar-refractivity contribution in [2.24, 2.45) is 0 Å². The Morgan fingerprint density at radius 3 is 2.21 bits per heavy atom. The fourth-order valence-electron chi connectivity index (χ4n) is 1.93. The fourth-order valence-corrected chi connectivity index (χ4v) is 2.26. The van der Waals surface area contributed by atoms with Crippen LogP contribution >= 0.6 is 34.8 Å². The highest BCUT2D eigenvalue weighted by atomic mass is 35.6. The molecule has 24 heavy (non-hydrogen) atoms. The Labute approximate surface area is 152 Å². The van der Waals surface area contributed by atoms with Crippen molar-refractivity contribution in [2.45, 2.75) is 9.96 Å². The summed E-state index contributed by atoms with van der Waals surface area (Å²) in [6.07, 6.45) is -1.10. The number of rotatable bonds is 5. The normalized spacial score (nSPS) is 12.3. The quantitative estimate of drug-likeness (QED) is 0.349. The minimum atomic E-state index is -1.88. The lowest BCUT2D eigenvalue weighted by molar-refractivity contribution is -0.385. The average molecular weight is 389 g/mol. The lowest BCUT2D eigenvalue weighted by atomic mass is 10.1. The number of benzene rings is 2. The fraction of sp³-hybridized carbons (Fsp3) is 0.133. The van der Waals surface area contributed by atoms with Crippen LogP contribution in [-0.2, 0) is 0 Å². The van der Waals surface area contributed by atoms with Crippen LogP contribution in [0, 0.1) is 10.1 Å². The molecule has 2 N–H and O–H groups in total. The summed E-state index contributed by atoms with van der Waals surface area (Å²) in [5.74, 6) is -0.734. The molecule has 0 heterocycles. The Bertz CT molecular complexity index is 735. The van der Waals surface area contributed by atoms with Crippen molar-refractivity contribution in [2.75, 3.05) is 5.32 Å². The van der Waals surface area contributed by atoms with Crippen LogP contribution in [0.15, 0.2) is 54.6 Å². The van der Waals surface area contributed by atoms with Crippen molar-refractivity contribution in [3.63, 3.8) is 0 Å². The van der Waals surface area contributed by atoms with Gasteiger partial charge in [0, 0.05) is 11.8 Å². The highest BCUT2D eigenvalue weighted by Gasteiger charge is 2.35. The van der Waals surface area contributed by atoms with E-state index in [0.29, 0.717) is 5.69 Å². The number of amides is 1. The Morgan fingerprint density at radius 1 is 1.04 bits per heavy atom. The van der Waals surface area contributed by atoms with Crippen molar-refractivity contribution >= 4 is 52.1 Å². The second-order valence-corrected chi connectivity index (χ2v) is 7.10. The molecule has 6 nitrogen and oxygen atoms in total. The zero-order valence-corrected chi connectivity index (χ0v) is 14.3. The lowest BCUT2D eigenvalue weighted by Gasteiger charge is -2.27. The number of nitro groups is 1. The van der Waals surface area contributed by atoms with E-state index in [9.17, 15) is 14.9 Å². The molecule has 0 saturated heterocycles. The molecule has 9 heteroatoms. The largest absolute Gasteiger partial charge is 0.362 e. The van der Waals surface area contributed by atoms with Crippen LogP contribution in [0.2, 0.25) is 0 Å². The second kappa shape index (κ2) is 7.70. The summed E-state index contributed by atoms with van der Waals surface area (Å²) >= 11 is 17.7. The number of carbonyl (C=O) groups excluding carboxylic acids is 1. The van der Waals surface area contributed by atoms with Gasteiger partial charge in [-0.2, -0.15) is 0 Å².